The fourth-order valence-electron chi connectivity index (χ4n) is 2.78. The van der Waals surface area contributed by atoms with E-state index in [0.717, 1.165) is 18.6 Å². The van der Waals surface area contributed by atoms with E-state index in [9.17, 15) is 22.8 Å². The van der Waals surface area contributed by atoms with Gasteiger partial charge < -0.3 is 10.0 Å². The highest BCUT2D eigenvalue weighted by molar-refractivity contribution is 5.95. The molecule has 1 N–H and O–H groups in total. The van der Waals surface area contributed by atoms with Crippen LogP contribution in [-0.4, -0.2) is 40.0 Å². The van der Waals surface area contributed by atoms with E-state index in [2.05, 4.69) is 4.98 Å². The Bertz CT molecular complexity index is 616. The van der Waals surface area contributed by atoms with Crippen LogP contribution in [0, 0.1) is 12.8 Å². The average Bonchev–Trinajstić information content (AvgIpc) is 2.45. The van der Waals surface area contributed by atoms with Crippen LogP contribution < -0.4 is 0 Å². The number of carboxylic acid groups (broad SMARTS) is 1. The first kappa shape index (κ1) is 17.2. The van der Waals surface area contributed by atoms with E-state index in [0.29, 0.717) is 19.5 Å². The molecule has 126 valence electrons. The topological polar surface area (TPSA) is 70.5 Å². The Balaban J connectivity index is 2.15. The quantitative estimate of drug-likeness (QED) is 0.925. The van der Waals surface area contributed by atoms with Crippen molar-refractivity contribution in [3.63, 3.8) is 0 Å². The second-order valence-electron chi connectivity index (χ2n) is 5.68. The molecule has 1 saturated heterocycles. The number of pyridine rings is 1. The zero-order valence-corrected chi connectivity index (χ0v) is 12.6. The number of nitrogens with zero attached hydrogens (tertiary/aromatic N) is 2. The lowest BCUT2D eigenvalue weighted by atomic mass is 9.94. The molecule has 2 rings (SSSR count). The molecule has 0 spiro atoms. The number of halogens is 3. The second-order valence-corrected chi connectivity index (χ2v) is 5.68. The van der Waals surface area contributed by atoms with E-state index in [1.165, 1.54) is 11.8 Å². The summed E-state index contributed by atoms with van der Waals surface area (Å²) < 4.78 is 37.8. The van der Waals surface area contributed by atoms with Gasteiger partial charge in [0, 0.05) is 19.5 Å². The van der Waals surface area contributed by atoms with Crippen molar-refractivity contribution < 1.29 is 27.9 Å². The van der Waals surface area contributed by atoms with Crippen molar-refractivity contribution in [2.24, 2.45) is 5.92 Å². The number of carboxylic acids is 1. The number of aromatic nitrogens is 1. The van der Waals surface area contributed by atoms with E-state index in [1.54, 1.807) is 0 Å². The minimum absolute atomic E-state index is 0.0187. The summed E-state index contributed by atoms with van der Waals surface area (Å²) >= 11 is 0. The van der Waals surface area contributed by atoms with Crippen molar-refractivity contribution in [1.29, 1.82) is 0 Å². The van der Waals surface area contributed by atoms with Crippen molar-refractivity contribution in [3.8, 4) is 0 Å². The minimum Gasteiger partial charge on any atom is -0.481 e. The molecular formula is C15H17F3N2O3. The first-order valence-corrected chi connectivity index (χ1v) is 7.24. The van der Waals surface area contributed by atoms with Gasteiger partial charge in [0.05, 0.1) is 11.3 Å². The summed E-state index contributed by atoms with van der Waals surface area (Å²) in [5.41, 5.74) is -0.895. The zero-order chi connectivity index (χ0) is 17.2. The number of likely N-dealkylation sites (tertiary alicyclic amines) is 1. The molecule has 5 nitrogen and oxygen atoms in total. The fraction of sp³-hybridized carbons (Fsp3) is 0.533. The van der Waals surface area contributed by atoms with Crippen molar-refractivity contribution in [1.82, 2.24) is 9.88 Å². The number of hydrogen-bond donors (Lipinski definition) is 1. The van der Waals surface area contributed by atoms with Crippen molar-refractivity contribution in [2.75, 3.05) is 13.1 Å². The third kappa shape index (κ3) is 4.20. The van der Waals surface area contributed by atoms with Crippen LogP contribution in [0.15, 0.2) is 12.1 Å². The number of piperidine rings is 1. The molecule has 1 aromatic heterocycles. The summed E-state index contributed by atoms with van der Waals surface area (Å²) in [7, 11) is 0. The maximum Gasteiger partial charge on any atom is 0.433 e. The van der Waals surface area contributed by atoms with Crippen LogP contribution in [-0.2, 0) is 11.0 Å². The highest BCUT2D eigenvalue weighted by atomic mass is 19.4. The van der Waals surface area contributed by atoms with Gasteiger partial charge in [-0.25, -0.2) is 4.98 Å². The summed E-state index contributed by atoms with van der Waals surface area (Å²) in [5.74, 6) is -1.46. The van der Waals surface area contributed by atoms with Gasteiger partial charge in [0.1, 0.15) is 5.69 Å². The number of hydrogen-bond acceptors (Lipinski definition) is 3. The smallest absolute Gasteiger partial charge is 0.433 e. The SMILES string of the molecule is Cc1nc(C(F)(F)F)ccc1C(=O)N1CCCC(CC(=O)O)C1. The number of aryl methyl sites for hydroxylation is 1. The lowest BCUT2D eigenvalue weighted by Crippen LogP contribution is -2.40. The van der Waals surface area contributed by atoms with Crippen LogP contribution in [0.2, 0.25) is 0 Å². The maximum atomic E-state index is 12.6. The Morgan fingerprint density at radius 3 is 2.65 bits per heavy atom. The number of amides is 1. The summed E-state index contributed by atoms with van der Waals surface area (Å²) in [4.78, 5) is 28.2. The van der Waals surface area contributed by atoms with Crippen LogP contribution in [0.5, 0.6) is 0 Å². The Labute approximate surface area is 131 Å². The third-order valence-corrected chi connectivity index (χ3v) is 3.88. The van der Waals surface area contributed by atoms with Gasteiger partial charge in [-0.2, -0.15) is 13.2 Å². The van der Waals surface area contributed by atoms with Crippen molar-refractivity contribution >= 4 is 11.9 Å². The van der Waals surface area contributed by atoms with Crippen LogP contribution in [0.25, 0.3) is 0 Å². The Morgan fingerprint density at radius 1 is 1.39 bits per heavy atom. The highest BCUT2D eigenvalue weighted by Gasteiger charge is 2.34. The van der Waals surface area contributed by atoms with Gasteiger partial charge in [-0.3, -0.25) is 9.59 Å². The molecule has 1 atom stereocenters. The Hall–Kier alpha value is -2.12. The van der Waals surface area contributed by atoms with Gasteiger partial charge in [0.2, 0.25) is 0 Å². The van der Waals surface area contributed by atoms with Crippen LogP contribution in [0.3, 0.4) is 0 Å². The molecule has 0 aliphatic carbocycles. The van der Waals surface area contributed by atoms with E-state index >= 15 is 0 Å². The molecule has 23 heavy (non-hydrogen) atoms. The Kier molecular flexibility index (Phi) is 4.91. The summed E-state index contributed by atoms with van der Waals surface area (Å²) in [6.45, 7) is 2.13. The van der Waals surface area contributed by atoms with Crippen LogP contribution in [0.1, 0.15) is 41.0 Å². The van der Waals surface area contributed by atoms with Crippen LogP contribution >= 0.6 is 0 Å². The highest BCUT2D eigenvalue weighted by Crippen LogP contribution is 2.29. The fourth-order valence-corrected chi connectivity index (χ4v) is 2.78. The molecule has 1 aromatic rings. The minimum atomic E-state index is -4.55. The van der Waals surface area contributed by atoms with Gasteiger partial charge in [0.25, 0.3) is 5.91 Å². The van der Waals surface area contributed by atoms with Gasteiger partial charge in [-0.05, 0) is 37.8 Å². The molecule has 1 aliphatic rings. The molecular weight excluding hydrogens is 313 g/mol. The lowest BCUT2D eigenvalue weighted by molar-refractivity contribution is -0.141. The van der Waals surface area contributed by atoms with E-state index in [1.807, 2.05) is 0 Å². The first-order chi connectivity index (χ1) is 10.7. The normalized spacial score (nSPS) is 18.8. The number of alkyl halides is 3. The summed E-state index contributed by atoms with van der Waals surface area (Å²) in [6.07, 6.45) is -3.17. The van der Waals surface area contributed by atoms with Gasteiger partial charge in [-0.15, -0.1) is 0 Å². The predicted octanol–water partition coefficient (Wildman–Crippen LogP) is 2.74. The van der Waals surface area contributed by atoms with Gasteiger partial charge in [0.15, 0.2) is 0 Å². The molecule has 8 heteroatoms. The molecule has 0 saturated carbocycles. The third-order valence-electron chi connectivity index (χ3n) is 3.88. The predicted molar refractivity (Wildman–Crippen MR) is 74.9 cm³/mol. The standard InChI is InChI=1S/C15H17F3N2O3/c1-9-11(4-5-12(19-9)15(16,17)18)14(23)20-6-2-3-10(8-20)7-13(21)22/h4-5,10H,2-3,6-8H2,1H3,(H,21,22). The number of carbonyl (C=O) groups excluding carboxylic acids is 1. The zero-order valence-electron chi connectivity index (χ0n) is 12.6. The summed E-state index contributed by atoms with van der Waals surface area (Å²) in [5, 5.41) is 8.84. The van der Waals surface area contributed by atoms with Gasteiger partial charge >= 0.3 is 12.1 Å². The second kappa shape index (κ2) is 6.55. The molecule has 1 amide bonds. The van der Waals surface area contributed by atoms with Crippen molar-refractivity contribution in [3.05, 3.63) is 29.1 Å². The maximum absolute atomic E-state index is 12.6. The number of carbonyl (C=O) groups is 2. The molecule has 0 bridgehead atoms. The first-order valence-electron chi connectivity index (χ1n) is 7.24. The molecule has 0 aromatic carbocycles. The average molecular weight is 330 g/mol. The van der Waals surface area contributed by atoms with Crippen LogP contribution in [0.4, 0.5) is 13.2 Å². The van der Waals surface area contributed by atoms with E-state index in [4.69, 9.17) is 5.11 Å². The van der Waals surface area contributed by atoms with E-state index < -0.39 is 23.7 Å². The van der Waals surface area contributed by atoms with Crippen molar-refractivity contribution in [2.45, 2.75) is 32.4 Å². The monoisotopic (exact) mass is 330 g/mol. The molecule has 0 radical (unpaired) electrons. The molecule has 1 unspecified atom stereocenters. The molecule has 2 heterocycles. The molecule has 1 aliphatic heterocycles. The number of aliphatic carboxylic acids is 1. The molecule has 1 fully saturated rings. The summed E-state index contributed by atoms with van der Waals surface area (Å²) in [6, 6.07) is 1.92. The van der Waals surface area contributed by atoms with E-state index in [-0.39, 0.29) is 23.6 Å². The van der Waals surface area contributed by atoms with Gasteiger partial charge in [-0.1, -0.05) is 0 Å². The lowest BCUT2D eigenvalue weighted by Gasteiger charge is -2.32. The largest absolute Gasteiger partial charge is 0.481 e. The number of rotatable bonds is 3. The Morgan fingerprint density at radius 2 is 2.09 bits per heavy atom.